The fraction of sp³-hybridized carbons (Fsp3) is 1.00. The molecule has 0 saturated carbocycles. The third-order valence-electron chi connectivity index (χ3n) is 2.37. The highest BCUT2D eigenvalue weighted by Crippen LogP contribution is 1.96. The van der Waals surface area contributed by atoms with Crippen molar-refractivity contribution in [1.82, 2.24) is 10.6 Å². The first-order chi connectivity index (χ1) is 6.93. The molecule has 1 heterocycles. The van der Waals surface area contributed by atoms with Crippen molar-refractivity contribution in [2.75, 3.05) is 46.6 Å². The molecule has 2 N–H and O–H groups in total. The summed E-state index contributed by atoms with van der Waals surface area (Å²) in [4.78, 5) is 0. The van der Waals surface area contributed by atoms with Crippen molar-refractivity contribution in [3.8, 4) is 0 Å². The fourth-order valence-corrected chi connectivity index (χ4v) is 1.55. The van der Waals surface area contributed by atoms with E-state index in [4.69, 9.17) is 9.47 Å². The Morgan fingerprint density at radius 2 is 2.43 bits per heavy atom. The van der Waals surface area contributed by atoms with Crippen LogP contribution in [-0.2, 0) is 9.47 Å². The number of rotatable bonds is 7. The first kappa shape index (κ1) is 11.9. The molecule has 1 rings (SSSR count). The minimum absolute atomic E-state index is 0.540. The summed E-state index contributed by atoms with van der Waals surface area (Å²) in [6.45, 7) is 5.66. The molecular formula is C10H22N2O2. The second kappa shape index (κ2) is 8.17. The van der Waals surface area contributed by atoms with Crippen LogP contribution in [0, 0.1) is 0 Å². The molecule has 1 fully saturated rings. The quantitative estimate of drug-likeness (QED) is 0.570. The summed E-state index contributed by atoms with van der Waals surface area (Å²) >= 11 is 0. The van der Waals surface area contributed by atoms with E-state index < -0.39 is 0 Å². The van der Waals surface area contributed by atoms with E-state index in [1.54, 1.807) is 7.11 Å². The van der Waals surface area contributed by atoms with Gasteiger partial charge in [0.25, 0.3) is 0 Å². The number of hydrogen-bond acceptors (Lipinski definition) is 4. The maximum Gasteiger partial charge on any atom is 0.0620 e. The summed E-state index contributed by atoms with van der Waals surface area (Å²) in [5.41, 5.74) is 0. The number of nitrogens with one attached hydrogen (secondary N) is 2. The molecule has 0 aromatic carbocycles. The van der Waals surface area contributed by atoms with Crippen LogP contribution in [0.4, 0.5) is 0 Å². The van der Waals surface area contributed by atoms with Crippen LogP contribution >= 0.6 is 0 Å². The summed E-state index contributed by atoms with van der Waals surface area (Å²) in [5, 5.41) is 6.82. The molecule has 0 bridgehead atoms. The van der Waals surface area contributed by atoms with Crippen LogP contribution in [0.25, 0.3) is 0 Å². The lowest BCUT2D eigenvalue weighted by Crippen LogP contribution is -2.42. The Morgan fingerprint density at radius 1 is 1.50 bits per heavy atom. The minimum atomic E-state index is 0.540. The molecule has 1 unspecified atom stereocenters. The molecule has 1 saturated heterocycles. The van der Waals surface area contributed by atoms with Crippen LogP contribution in [0.1, 0.15) is 12.8 Å². The number of hydrogen-bond donors (Lipinski definition) is 2. The molecule has 1 aliphatic rings. The average molecular weight is 202 g/mol. The zero-order chi connectivity index (χ0) is 10.1. The van der Waals surface area contributed by atoms with E-state index in [2.05, 4.69) is 10.6 Å². The normalized spacial score (nSPS) is 22.5. The zero-order valence-corrected chi connectivity index (χ0v) is 9.05. The summed E-state index contributed by atoms with van der Waals surface area (Å²) in [6, 6.07) is 0.540. The zero-order valence-electron chi connectivity index (χ0n) is 9.05. The first-order valence-corrected chi connectivity index (χ1v) is 5.44. The van der Waals surface area contributed by atoms with Gasteiger partial charge in [0.1, 0.15) is 0 Å². The number of ether oxygens (including phenoxy) is 2. The van der Waals surface area contributed by atoms with Gasteiger partial charge >= 0.3 is 0 Å². The van der Waals surface area contributed by atoms with Gasteiger partial charge in [-0.3, -0.25) is 0 Å². The molecule has 0 radical (unpaired) electrons. The monoisotopic (exact) mass is 202 g/mol. The van der Waals surface area contributed by atoms with E-state index in [9.17, 15) is 0 Å². The van der Waals surface area contributed by atoms with Gasteiger partial charge in [0.15, 0.2) is 0 Å². The molecule has 4 nitrogen and oxygen atoms in total. The van der Waals surface area contributed by atoms with E-state index in [0.29, 0.717) is 6.04 Å². The van der Waals surface area contributed by atoms with Crippen molar-refractivity contribution in [3.05, 3.63) is 0 Å². The molecular weight excluding hydrogens is 180 g/mol. The Bertz CT molecular complexity index is 127. The van der Waals surface area contributed by atoms with E-state index in [-0.39, 0.29) is 0 Å². The maximum atomic E-state index is 5.37. The largest absolute Gasteiger partial charge is 0.385 e. The molecule has 84 valence electrons. The predicted octanol–water partition coefficient (Wildman–Crippen LogP) is -0.00900. The van der Waals surface area contributed by atoms with Crippen molar-refractivity contribution in [2.24, 2.45) is 0 Å². The van der Waals surface area contributed by atoms with E-state index in [1.807, 2.05) is 0 Å². The fourth-order valence-electron chi connectivity index (χ4n) is 1.55. The molecule has 1 aliphatic heterocycles. The van der Waals surface area contributed by atoms with Gasteiger partial charge in [-0.15, -0.1) is 0 Å². The molecule has 4 heteroatoms. The van der Waals surface area contributed by atoms with Crippen molar-refractivity contribution >= 4 is 0 Å². The molecule has 0 aliphatic carbocycles. The molecule has 0 aromatic rings. The Balaban J connectivity index is 1.82. The molecule has 0 spiro atoms. The SMILES string of the molecule is COCCCNCCC1COCCN1. The van der Waals surface area contributed by atoms with Crippen molar-refractivity contribution < 1.29 is 9.47 Å². The van der Waals surface area contributed by atoms with Crippen molar-refractivity contribution in [2.45, 2.75) is 18.9 Å². The van der Waals surface area contributed by atoms with Gasteiger partial charge in [0.05, 0.1) is 13.2 Å². The number of morpholine rings is 1. The van der Waals surface area contributed by atoms with Crippen LogP contribution < -0.4 is 10.6 Å². The Hall–Kier alpha value is -0.160. The third-order valence-corrected chi connectivity index (χ3v) is 2.37. The predicted molar refractivity (Wildman–Crippen MR) is 56.6 cm³/mol. The van der Waals surface area contributed by atoms with Gasteiger partial charge in [-0.05, 0) is 25.9 Å². The topological polar surface area (TPSA) is 42.5 Å². The Labute approximate surface area is 86.3 Å². The van der Waals surface area contributed by atoms with Crippen LogP contribution in [0.2, 0.25) is 0 Å². The highest BCUT2D eigenvalue weighted by atomic mass is 16.5. The smallest absolute Gasteiger partial charge is 0.0620 e. The second-order valence-electron chi connectivity index (χ2n) is 3.61. The molecule has 0 aromatic heterocycles. The lowest BCUT2D eigenvalue weighted by molar-refractivity contribution is 0.0742. The Morgan fingerprint density at radius 3 is 3.14 bits per heavy atom. The summed E-state index contributed by atoms with van der Waals surface area (Å²) in [6.07, 6.45) is 2.23. The third kappa shape index (κ3) is 5.54. The average Bonchev–Trinajstić information content (AvgIpc) is 2.25. The second-order valence-corrected chi connectivity index (χ2v) is 3.61. The van der Waals surface area contributed by atoms with Gasteiger partial charge in [-0.25, -0.2) is 0 Å². The summed E-state index contributed by atoms with van der Waals surface area (Å²) < 4.78 is 10.3. The van der Waals surface area contributed by atoms with Gasteiger partial charge in [0.2, 0.25) is 0 Å². The molecule has 14 heavy (non-hydrogen) atoms. The van der Waals surface area contributed by atoms with Gasteiger partial charge in [-0.1, -0.05) is 0 Å². The van der Waals surface area contributed by atoms with E-state index in [0.717, 1.165) is 52.3 Å². The number of methoxy groups -OCH3 is 1. The minimum Gasteiger partial charge on any atom is -0.385 e. The molecule has 0 amide bonds. The lowest BCUT2D eigenvalue weighted by atomic mass is 10.2. The van der Waals surface area contributed by atoms with E-state index >= 15 is 0 Å². The van der Waals surface area contributed by atoms with Gasteiger partial charge in [-0.2, -0.15) is 0 Å². The summed E-state index contributed by atoms with van der Waals surface area (Å²) in [5.74, 6) is 0. The maximum absolute atomic E-state index is 5.37. The Kier molecular flexibility index (Phi) is 6.95. The van der Waals surface area contributed by atoms with E-state index in [1.165, 1.54) is 0 Å². The highest BCUT2D eigenvalue weighted by Gasteiger charge is 2.11. The van der Waals surface area contributed by atoms with Crippen molar-refractivity contribution in [3.63, 3.8) is 0 Å². The summed E-state index contributed by atoms with van der Waals surface area (Å²) in [7, 11) is 1.74. The first-order valence-electron chi connectivity index (χ1n) is 5.44. The van der Waals surface area contributed by atoms with Crippen LogP contribution in [0.3, 0.4) is 0 Å². The van der Waals surface area contributed by atoms with Gasteiger partial charge < -0.3 is 20.1 Å². The highest BCUT2D eigenvalue weighted by molar-refractivity contribution is 4.70. The van der Waals surface area contributed by atoms with Crippen LogP contribution in [0.15, 0.2) is 0 Å². The molecule has 1 atom stereocenters. The van der Waals surface area contributed by atoms with Gasteiger partial charge in [0, 0.05) is 26.3 Å². The lowest BCUT2D eigenvalue weighted by Gasteiger charge is -2.23. The van der Waals surface area contributed by atoms with Crippen molar-refractivity contribution in [1.29, 1.82) is 0 Å². The standard InChI is InChI=1S/C10H22N2O2/c1-13-7-2-4-11-5-3-10-9-14-8-6-12-10/h10-12H,2-9H2,1H3. The van der Waals surface area contributed by atoms with Crippen LogP contribution in [-0.4, -0.2) is 52.6 Å². The van der Waals surface area contributed by atoms with Crippen LogP contribution in [0.5, 0.6) is 0 Å².